The van der Waals surface area contributed by atoms with Gasteiger partial charge in [-0.2, -0.15) is 13.2 Å². The Morgan fingerprint density at radius 3 is 2.27 bits per heavy atom. The Kier molecular flexibility index (Phi) is 7.94. The van der Waals surface area contributed by atoms with Crippen molar-refractivity contribution in [3.05, 3.63) is 41.5 Å². The SMILES string of the molecule is COc1ccc(CCC(=O)Nc2cc(C(F)(F)F)ccc2N2CCCCC2)c(OC)c1OC. The van der Waals surface area contributed by atoms with E-state index in [0.717, 1.165) is 50.0 Å². The molecule has 6 nitrogen and oxygen atoms in total. The quantitative estimate of drug-likeness (QED) is 0.573. The third-order valence-corrected chi connectivity index (χ3v) is 5.70. The lowest BCUT2D eigenvalue weighted by atomic mass is 10.1. The van der Waals surface area contributed by atoms with E-state index < -0.39 is 11.7 Å². The number of rotatable bonds is 8. The molecular weight excluding hydrogens is 437 g/mol. The molecule has 0 unspecified atom stereocenters. The highest BCUT2D eigenvalue weighted by Crippen LogP contribution is 2.40. The minimum atomic E-state index is -4.49. The van der Waals surface area contributed by atoms with Crippen LogP contribution in [0.2, 0.25) is 0 Å². The van der Waals surface area contributed by atoms with Crippen molar-refractivity contribution in [2.45, 2.75) is 38.3 Å². The first-order valence-corrected chi connectivity index (χ1v) is 10.8. The first-order valence-electron chi connectivity index (χ1n) is 10.8. The first kappa shape index (κ1) is 24.5. The Bertz CT molecular complexity index is 973. The normalized spacial score (nSPS) is 14.1. The number of benzene rings is 2. The first-order chi connectivity index (χ1) is 15.8. The van der Waals surface area contributed by atoms with Gasteiger partial charge in [-0.25, -0.2) is 0 Å². The number of nitrogens with zero attached hydrogens (tertiary/aromatic N) is 1. The van der Waals surface area contributed by atoms with Gasteiger partial charge in [0, 0.05) is 19.5 Å². The summed E-state index contributed by atoms with van der Waals surface area (Å²) < 4.78 is 56.0. The van der Waals surface area contributed by atoms with Crippen LogP contribution in [-0.2, 0) is 17.4 Å². The third kappa shape index (κ3) is 5.83. The number of anilines is 2. The van der Waals surface area contributed by atoms with Gasteiger partial charge in [0.1, 0.15) is 0 Å². The van der Waals surface area contributed by atoms with Crippen LogP contribution in [0.25, 0.3) is 0 Å². The molecule has 1 aliphatic rings. The molecule has 2 aromatic carbocycles. The summed E-state index contributed by atoms with van der Waals surface area (Å²) in [4.78, 5) is 14.8. The zero-order chi connectivity index (χ0) is 24.0. The van der Waals surface area contributed by atoms with Crippen LogP contribution in [0.15, 0.2) is 30.3 Å². The molecule has 0 spiro atoms. The average molecular weight is 467 g/mol. The number of halogens is 3. The number of ether oxygens (including phenoxy) is 3. The average Bonchev–Trinajstić information content (AvgIpc) is 2.81. The van der Waals surface area contributed by atoms with Gasteiger partial charge >= 0.3 is 6.18 Å². The van der Waals surface area contributed by atoms with Gasteiger partial charge in [0.05, 0.1) is 38.3 Å². The van der Waals surface area contributed by atoms with E-state index in [4.69, 9.17) is 14.2 Å². The van der Waals surface area contributed by atoms with Gasteiger partial charge in [-0.15, -0.1) is 0 Å². The zero-order valence-corrected chi connectivity index (χ0v) is 19.1. The van der Waals surface area contributed by atoms with Crippen LogP contribution in [0.5, 0.6) is 17.2 Å². The van der Waals surface area contributed by atoms with Crippen LogP contribution < -0.4 is 24.4 Å². The van der Waals surface area contributed by atoms with Crippen molar-refractivity contribution in [3.63, 3.8) is 0 Å². The number of alkyl halides is 3. The van der Waals surface area contributed by atoms with E-state index in [-0.39, 0.29) is 18.0 Å². The molecule has 1 N–H and O–H groups in total. The summed E-state index contributed by atoms with van der Waals surface area (Å²) in [7, 11) is 4.50. The Balaban J connectivity index is 1.79. The number of carbonyl (C=O) groups excluding carboxylic acids is 1. The predicted octanol–water partition coefficient (Wildman–Crippen LogP) is 5.29. The van der Waals surface area contributed by atoms with Crippen molar-refractivity contribution in [2.75, 3.05) is 44.6 Å². The summed E-state index contributed by atoms with van der Waals surface area (Å²) in [6, 6.07) is 7.01. The van der Waals surface area contributed by atoms with E-state index in [1.165, 1.54) is 27.4 Å². The van der Waals surface area contributed by atoms with Gasteiger partial charge in [0.2, 0.25) is 11.7 Å². The van der Waals surface area contributed by atoms with Crippen molar-refractivity contribution >= 4 is 17.3 Å². The molecule has 33 heavy (non-hydrogen) atoms. The molecule has 1 aliphatic heterocycles. The molecule has 9 heteroatoms. The monoisotopic (exact) mass is 466 g/mol. The fraction of sp³-hybridized carbons (Fsp3) is 0.458. The van der Waals surface area contributed by atoms with Crippen LogP contribution in [0.3, 0.4) is 0 Å². The topological polar surface area (TPSA) is 60.0 Å². The van der Waals surface area contributed by atoms with Crippen LogP contribution in [-0.4, -0.2) is 40.3 Å². The Hall–Kier alpha value is -3.10. The summed E-state index contributed by atoms with van der Waals surface area (Å²) in [6.07, 6.45) is -1.10. The summed E-state index contributed by atoms with van der Waals surface area (Å²) in [6.45, 7) is 1.49. The number of nitrogens with one attached hydrogen (secondary N) is 1. The molecule has 0 aliphatic carbocycles. The van der Waals surface area contributed by atoms with Gasteiger partial charge in [0.25, 0.3) is 0 Å². The number of hydrogen-bond acceptors (Lipinski definition) is 5. The van der Waals surface area contributed by atoms with Crippen molar-refractivity contribution in [1.29, 1.82) is 0 Å². The van der Waals surface area contributed by atoms with Gasteiger partial charge < -0.3 is 24.4 Å². The molecular formula is C24H29F3N2O4. The summed E-state index contributed by atoms with van der Waals surface area (Å²) in [5.41, 5.74) is 0.724. The minimum Gasteiger partial charge on any atom is -0.493 e. The molecule has 0 atom stereocenters. The fourth-order valence-electron chi connectivity index (χ4n) is 4.04. The van der Waals surface area contributed by atoms with Crippen LogP contribution in [0, 0.1) is 0 Å². The zero-order valence-electron chi connectivity index (χ0n) is 19.1. The van der Waals surface area contributed by atoms with Gasteiger partial charge in [-0.1, -0.05) is 6.07 Å². The highest BCUT2D eigenvalue weighted by atomic mass is 19.4. The molecule has 0 aromatic heterocycles. The number of hydrogen-bond donors (Lipinski definition) is 1. The second-order valence-electron chi connectivity index (χ2n) is 7.82. The smallest absolute Gasteiger partial charge is 0.416 e. The molecule has 0 saturated carbocycles. The van der Waals surface area contributed by atoms with E-state index >= 15 is 0 Å². The number of methoxy groups -OCH3 is 3. The van der Waals surface area contributed by atoms with E-state index in [2.05, 4.69) is 5.32 Å². The van der Waals surface area contributed by atoms with Crippen molar-refractivity contribution < 1.29 is 32.2 Å². The number of amides is 1. The van der Waals surface area contributed by atoms with E-state index in [9.17, 15) is 18.0 Å². The maximum Gasteiger partial charge on any atom is 0.416 e. The second kappa shape index (κ2) is 10.7. The van der Waals surface area contributed by atoms with Crippen LogP contribution >= 0.6 is 0 Å². The molecule has 3 rings (SSSR count). The number of aryl methyl sites for hydroxylation is 1. The van der Waals surface area contributed by atoms with Gasteiger partial charge in [0.15, 0.2) is 11.5 Å². The molecule has 1 heterocycles. The van der Waals surface area contributed by atoms with E-state index in [1.54, 1.807) is 12.1 Å². The summed E-state index contributed by atoms with van der Waals surface area (Å²) in [5.74, 6) is 0.989. The highest BCUT2D eigenvalue weighted by Gasteiger charge is 2.32. The Morgan fingerprint density at radius 1 is 0.970 bits per heavy atom. The van der Waals surface area contributed by atoms with Gasteiger partial charge in [-0.05, 0) is 55.5 Å². The van der Waals surface area contributed by atoms with Gasteiger partial charge in [-0.3, -0.25) is 4.79 Å². The lowest BCUT2D eigenvalue weighted by Gasteiger charge is -2.31. The molecule has 0 radical (unpaired) electrons. The Morgan fingerprint density at radius 2 is 1.67 bits per heavy atom. The highest BCUT2D eigenvalue weighted by molar-refractivity contribution is 5.94. The van der Waals surface area contributed by atoms with E-state index in [0.29, 0.717) is 29.4 Å². The number of carbonyl (C=O) groups is 1. The van der Waals surface area contributed by atoms with Crippen LogP contribution in [0.4, 0.5) is 24.5 Å². The second-order valence-corrected chi connectivity index (χ2v) is 7.82. The largest absolute Gasteiger partial charge is 0.493 e. The van der Waals surface area contributed by atoms with Crippen LogP contribution in [0.1, 0.15) is 36.8 Å². The third-order valence-electron chi connectivity index (χ3n) is 5.70. The van der Waals surface area contributed by atoms with E-state index in [1.807, 2.05) is 4.90 Å². The Labute approximate surface area is 191 Å². The standard InChI is InChI=1S/C24H29F3N2O4/c1-31-20-11-7-16(22(32-2)23(20)33-3)8-12-21(30)28-18-15-17(24(25,26)27)9-10-19(18)29-13-5-4-6-14-29/h7,9-11,15H,4-6,8,12-14H2,1-3H3,(H,28,30). The summed E-state index contributed by atoms with van der Waals surface area (Å²) >= 11 is 0. The number of piperidine rings is 1. The molecule has 0 bridgehead atoms. The molecule has 1 saturated heterocycles. The molecule has 180 valence electrons. The lowest BCUT2D eigenvalue weighted by molar-refractivity contribution is -0.137. The maximum absolute atomic E-state index is 13.3. The van der Waals surface area contributed by atoms with Crippen molar-refractivity contribution in [1.82, 2.24) is 0 Å². The molecule has 2 aromatic rings. The van der Waals surface area contributed by atoms with Crippen molar-refractivity contribution in [3.8, 4) is 17.2 Å². The maximum atomic E-state index is 13.3. The lowest BCUT2D eigenvalue weighted by Crippen LogP contribution is -2.30. The summed E-state index contributed by atoms with van der Waals surface area (Å²) in [5, 5.41) is 2.70. The molecule has 1 fully saturated rings. The predicted molar refractivity (Wildman–Crippen MR) is 121 cm³/mol. The fourth-order valence-corrected chi connectivity index (χ4v) is 4.04. The van der Waals surface area contributed by atoms with Crippen molar-refractivity contribution in [2.24, 2.45) is 0 Å². The minimum absolute atomic E-state index is 0.0571. The molecule has 1 amide bonds.